The molecule has 0 bridgehead atoms. The smallest absolute Gasteiger partial charge is 0.309 e. The summed E-state index contributed by atoms with van der Waals surface area (Å²) in [6.45, 7) is 7.11. The molecule has 19 heavy (non-hydrogen) atoms. The maximum absolute atomic E-state index is 11.7. The number of hydrogen-bond donors (Lipinski definition) is 0. The number of benzene rings is 1. The molecule has 0 spiro atoms. The van der Waals surface area contributed by atoms with Gasteiger partial charge in [-0.2, -0.15) is 5.26 Å². The number of methoxy groups -OCH3 is 1. The number of carbonyl (C=O) groups excluding carboxylic acids is 1. The van der Waals surface area contributed by atoms with Gasteiger partial charge in [-0.05, 0) is 6.07 Å². The molecule has 1 aromatic rings. The quantitative estimate of drug-likeness (QED) is 0.602. The van der Waals surface area contributed by atoms with Gasteiger partial charge in [0.1, 0.15) is 5.75 Å². The molecule has 1 atom stereocenters. The molecule has 4 nitrogen and oxygen atoms in total. The van der Waals surface area contributed by atoms with Crippen LogP contribution in [0.15, 0.2) is 36.4 Å². The largest absolute Gasteiger partial charge is 0.496 e. The standard InChI is InChI=1S/C15H17NO3/c1-10(2)15(17)19-14(11(3)9-16)12-7-5-6-8-13(12)18-4/h5-8,10,14H,3H2,1-2,4H3/t14-/m1/s1. The summed E-state index contributed by atoms with van der Waals surface area (Å²) < 4.78 is 10.6. The summed E-state index contributed by atoms with van der Waals surface area (Å²) in [7, 11) is 1.52. The van der Waals surface area contributed by atoms with Gasteiger partial charge in [-0.25, -0.2) is 0 Å². The summed E-state index contributed by atoms with van der Waals surface area (Å²) in [6.07, 6.45) is -0.809. The second-order valence-corrected chi connectivity index (χ2v) is 4.35. The number of para-hydroxylation sites is 1. The first-order valence-corrected chi connectivity index (χ1v) is 5.93. The zero-order valence-corrected chi connectivity index (χ0v) is 11.3. The van der Waals surface area contributed by atoms with Crippen molar-refractivity contribution in [3.05, 3.63) is 42.0 Å². The predicted molar refractivity (Wildman–Crippen MR) is 71.4 cm³/mol. The number of nitriles is 1. The van der Waals surface area contributed by atoms with E-state index in [0.29, 0.717) is 11.3 Å². The topological polar surface area (TPSA) is 59.3 Å². The Morgan fingerprint density at radius 1 is 1.37 bits per heavy atom. The number of hydrogen-bond acceptors (Lipinski definition) is 4. The molecular formula is C15H17NO3. The molecule has 0 unspecified atom stereocenters. The summed E-state index contributed by atoms with van der Waals surface area (Å²) in [6, 6.07) is 9.02. The fourth-order valence-corrected chi connectivity index (χ4v) is 1.52. The van der Waals surface area contributed by atoms with Gasteiger partial charge in [-0.1, -0.05) is 38.6 Å². The van der Waals surface area contributed by atoms with Gasteiger partial charge in [-0.3, -0.25) is 4.79 Å². The average Bonchev–Trinajstić information content (AvgIpc) is 2.43. The van der Waals surface area contributed by atoms with Crippen molar-refractivity contribution in [1.29, 1.82) is 5.26 Å². The van der Waals surface area contributed by atoms with Crippen LogP contribution in [0.3, 0.4) is 0 Å². The molecule has 0 aliphatic rings. The van der Waals surface area contributed by atoms with Crippen LogP contribution in [0.2, 0.25) is 0 Å². The van der Waals surface area contributed by atoms with Gasteiger partial charge in [0.2, 0.25) is 0 Å². The molecule has 0 aliphatic carbocycles. The number of ether oxygens (including phenoxy) is 2. The van der Waals surface area contributed by atoms with Crippen LogP contribution in [-0.4, -0.2) is 13.1 Å². The Hall–Kier alpha value is -2.28. The van der Waals surface area contributed by atoms with E-state index in [2.05, 4.69) is 6.58 Å². The van der Waals surface area contributed by atoms with Gasteiger partial charge in [0.05, 0.1) is 24.7 Å². The van der Waals surface area contributed by atoms with Crippen LogP contribution in [0.5, 0.6) is 5.75 Å². The van der Waals surface area contributed by atoms with E-state index < -0.39 is 6.10 Å². The highest BCUT2D eigenvalue weighted by atomic mass is 16.5. The highest BCUT2D eigenvalue weighted by molar-refractivity contribution is 5.72. The molecule has 0 radical (unpaired) electrons. The van der Waals surface area contributed by atoms with E-state index in [9.17, 15) is 4.79 Å². The highest BCUT2D eigenvalue weighted by Gasteiger charge is 2.24. The van der Waals surface area contributed by atoms with Gasteiger partial charge in [0.25, 0.3) is 0 Å². The molecule has 0 aliphatic heterocycles. The molecular weight excluding hydrogens is 242 g/mol. The van der Waals surface area contributed by atoms with Crippen molar-refractivity contribution in [1.82, 2.24) is 0 Å². The Bertz CT molecular complexity index is 514. The minimum absolute atomic E-state index is 0.165. The Balaban J connectivity index is 3.14. The Morgan fingerprint density at radius 3 is 2.53 bits per heavy atom. The van der Waals surface area contributed by atoms with Crippen molar-refractivity contribution >= 4 is 5.97 Å². The molecule has 1 aromatic carbocycles. The molecule has 0 amide bonds. The Labute approximate surface area is 113 Å². The minimum atomic E-state index is -0.809. The number of carbonyl (C=O) groups is 1. The Morgan fingerprint density at radius 2 is 2.00 bits per heavy atom. The van der Waals surface area contributed by atoms with Crippen LogP contribution in [0.1, 0.15) is 25.5 Å². The number of esters is 1. The lowest BCUT2D eigenvalue weighted by molar-refractivity contribution is -0.151. The maximum Gasteiger partial charge on any atom is 0.309 e. The van der Waals surface area contributed by atoms with Crippen LogP contribution >= 0.6 is 0 Å². The van der Waals surface area contributed by atoms with E-state index in [-0.39, 0.29) is 17.5 Å². The summed E-state index contributed by atoms with van der Waals surface area (Å²) in [4.78, 5) is 11.7. The molecule has 0 aromatic heterocycles. The van der Waals surface area contributed by atoms with E-state index >= 15 is 0 Å². The predicted octanol–water partition coefficient (Wildman–Crippen LogP) is 3.02. The molecule has 0 heterocycles. The third-order valence-corrected chi connectivity index (χ3v) is 2.59. The van der Waals surface area contributed by atoms with Crippen molar-refractivity contribution in [3.8, 4) is 11.8 Å². The summed E-state index contributed by atoms with van der Waals surface area (Å²) >= 11 is 0. The molecule has 0 saturated carbocycles. The van der Waals surface area contributed by atoms with Crippen LogP contribution in [0, 0.1) is 17.2 Å². The second kappa shape index (κ2) is 6.60. The summed E-state index contributed by atoms with van der Waals surface area (Å²) in [5.41, 5.74) is 0.782. The lowest BCUT2D eigenvalue weighted by Crippen LogP contribution is -2.17. The van der Waals surface area contributed by atoms with Gasteiger partial charge >= 0.3 is 5.97 Å². The van der Waals surface area contributed by atoms with Crippen LogP contribution in [-0.2, 0) is 9.53 Å². The summed E-state index contributed by atoms with van der Waals surface area (Å²) in [5, 5.41) is 9.00. The van der Waals surface area contributed by atoms with E-state index in [0.717, 1.165) is 0 Å². The van der Waals surface area contributed by atoms with Crippen LogP contribution < -0.4 is 4.74 Å². The van der Waals surface area contributed by atoms with E-state index in [1.165, 1.54) is 7.11 Å². The van der Waals surface area contributed by atoms with Crippen molar-refractivity contribution in [3.63, 3.8) is 0 Å². The zero-order valence-electron chi connectivity index (χ0n) is 11.3. The van der Waals surface area contributed by atoms with E-state index in [4.69, 9.17) is 14.7 Å². The first-order valence-electron chi connectivity index (χ1n) is 5.93. The third kappa shape index (κ3) is 3.59. The van der Waals surface area contributed by atoms with E-state index in [1.54, 1.807) is 38.1 Å². The number of nitrogens with zero attached hydrogens (tertiary/aromatic N) is 1. The minimum Gasteiger partial charge on any atom is -0.496 e. The zero-order chi connectivity index (χ0) is 14.4. The first-order chi connectivity index (χ1) is 9.01. The Kier molecular flexibility index (Phi) is 5.13. The summed E-state index contributed by atoms with van der Waals surface area (Å²) in [5.74, 6) is -0.100. The van der Waals surface area contributed by atoms with E-state index in [1.807, 2.05) is 6.07 Å². The average molecular weight is 259 g/mol. The molecule has 0 N–H and O–H groups in total. The highest BCUT2D eigenvalue weighted by Crippen LogP contribution is 2.32. The molecule has 100 valence electrons. The monoisotopic (exact) mass is 259 g/mol. The maximum atomic E-state index is 11.7. The molecule has 1 rings (SSSR count). The van der Waals surface area contributed by atoms with Gasteiger partial charge in [0, 0.05) is 5.56 Å². The normalized spacial score (nSPS) is 11.5. The van der Waals surface area contributed by atoms with Gasteiger partial charge in [-0.15, -0.1) is 0 Å². The third-order valence-electron chi connectivity index (χ3n) is 2.59. The van der Waals surface area contributed by atoms with Crippen molar-refractivity contribution in [2.45, 2.75) is 20.0 Å². The second-order valence-electron chi connectivity index (χ2n) is 4.35. The van der Waals surface area contributed by atoms with Gasteiger partial charge < -0.3 is 9.47 Å². The number of rotatable bonds is 5. The van der Waals surface area contributed by atoms with Crippen molar-refractivity contribution in [2.75, 3.05) is 7.11 Å². The lowest BCUT2D eigenvalue weighted by Gasteiger charge is -2.20. The van der Waals surface area contributed by atoms with Gasteiger partial charge in [0.15, 0.2) is 6.10 Å². The SMILES string of the molecule is C=C(C#N)[C@@H](OC(=O)C(C)C)c1ccccc1OC. The van der Waals surface area contributed by atoms with Crippen molar-refractivity contribution < 1.29 is 14.3 Å². The van der Waals surface area contributed by atoms with Crippen LogP contribution in [0.25, 0.3) is 0 Å². The molecule has 4 heteroatoms. The molecule has 0 fully saturated rings. The fraction of sp³-hybridized carbons (Fsp3) is 0.333. The lowest BCUT2D eigenvalue weighted by atomic mass is 10.0. The molecule has 0 saturated heterocycles. The van der Waals surface area contributed by atoms with Crippen molar-refractivity contribution in [2.24, 2.45) is 5.92 Å². The fourth-order valence-electron chi connectivity index (χ4n) is 1.52. The van der Waals surface area contributed by atoms with Crippen LogP contribution in [0.4, 0.5) is 0 Å². The first kappa shape index (κ1) is 14.8.